The number of rotatable bonds is 5. The smallest absolute Gasteiger partial charge is 0.125 e. The predicted molar refractivity (Wildman–Crippen MR) is 58.7 cm³/mol. The fraction of sp³-hybridized carbons (Fsp3) is 0.400. The molecule has 1 atom stereocenters. The fourth-order valence-corrected chi connectivity index (χ4v) is 1.46. The van der Waals surface area contributed by atoms with E-state index in [-0.39, 0.29) is 19.8 Å². The molecule has 84 valence electrons. The van der Waals surface area contributed by atoms with Gasteiger partial charge in [0.05, 0.1) is 13.2 Å². The average Bonchev–Trinajstić information content (AvgIpc) is 2.26. The van der Waals surface area contributed by atoms with Crippen LogP contribution in [-0.4, -0.2) is 34.6 Å². The molecule has 1 unspecified atom stereocenters. The third-order valence-electron chi connectivity index (χ3n) is 1.83. The molecule has 4 nitrogen and oxygen atoms in total. The van der Waals surface area contributed by atoms with Crippen LogP contribution in [0.25, 0.3) is 0 Å². The van der Waals surface area contributed by atoms with Gasteiger partial charge in [0.2, 0.25) is 0 Å². The molecule has 15 heavy (non-hydrogen) atoms. The molecule has 0 aliphatic carbocycles. The molecular formula is C10H13BrO4. The summed E-state index contributed by atoms with van der Waals surface area (Å²) in [6.07, 6.45) is -0.903. The van der Waals surface area contributed by atoms with Gasteiger partial charge in [0.1, 0.15) is 18.5 Å². The summed E-state index contributed by atoms with van der Waals surface area (Å²) in [6, 6.07) is 5.21. The second-order valence-corrected chi connectivity index (χ2v) is 3.97. The lowest BCUT2D eigenvalue weighted by Gasteiger charge is -2.12. The van der Waals surface area contributed by atoms with Crippen LogP contribution in [0.1, 0.15) is 5.56 Å². The first-order valence-corrected chi connectivity index (χ1v) is 5.27. The maximum Gasteiger partial charge on any atom is 0.125 e. The first-order chi connectivity index (χ1) is 7.17. The minimum Gasteiger partial charge on any atom is -0.490 e. The van der Waals surface area contributed by atoms with E-state index in [9.17, 15) is 0 Å². The van der Waals surface area contributed by atoms with Crippen molar-refractivity contribution in [2.75, 3.05) is 13.2 Å². The van der Waals surface area contributed by atoms with Gasteiger partial charge in [-0.15, -0.1) is 0 Å². The van der Waals surface area contributed by atoms with Crippen molar-refractivity contribution >= 4 is 15.9 Å². The number of aliphatic hydroxyl groups excluding tert-OH is 3. The van der Waals surface area contributed by atoms with E-state index in [1.54, 1.807) is 18.2 Å². The maximum absolute atomic E-state index is 9.09. The van der Waals surface area contributed by atoms with Crippen LogP contribution in [0.5, 0.6) is 5.75 Å². The Morgan fingerprint density at radius 2 is 2.07 bits per heavy atom. The Morgan fingerprint density at radius 3 is 2.67 bits per heavy atom. The molecule has 3 N–H and O–H groups in total. The molecule has 0 spiro atoms. The molecular weight excluding hydrogens is 264 g/mol. The Hall–Kier alpha value is -0.620. The molecule has 0 saturated heterocycles. The van der Waals surface area contributed by atoms with Gasteiger partial charge in [-0.05, 0) is 18.2 Å². The summed E-state index contributed by atoms with van der Waals surface area (Å²) >= 11 is 3.27. The van der Waals surface area contributed by atoms with Gasteiger partial charge in [0.15, 0.2) is 0 Å². The highest BCUT2D eigenvalue weighted by molar-refractivity contribution is 9.10. The highest BCUT2D eigenvalue weighted by atomic mass is 79.9. The second kappa shape index (κ2) is 6.07. The van der Waals surface area contributed by atoms with Crippen LogP contribution in [0, 0.1) is 0 Å². The van der Waals surface area contributed by atoms with Gasteiger partial charge in [-0.3, -0.25) is 0 Å². The van der Waals surface area contributed by atoms with E-state index >= 15 is 0 Å². The van der Waals surface area contributed by atoms with Gasteiger partial charge in [0, 0.05) is 10.0 Å². The standard InChI is InChI=1S/C10H13BrO4/c11-8-1-2-10(7(3-8)4-12)15-6-9(14)5-13/h1-3,9,12-14H,4-6H2. The third-order valence-corrected chi connectivity index (χ3v) is 2.33. The Bertz CT molecular complexity index is 316. The summed E-state index contributed by atoms with van der Waals surface area (Å²) < 4.78 is 6.09. The van der Waals surface area contributed by atoms with Gasteiger partial charge in [-0.1, -0.05) is 15.9 Å². The van der Waals surface area contributed by atoms with Gasteiger partial charge in [-0.2, -0.15) is 0 Å². The molecule has 0 fully saturated rings. The molecule has 0 aliphatic rings. The van der Waals surface area contributed by atoms with Crippen molar-refractivity contribution in [1.29, 1.82) is 0 Å². The third kappa shape index (κ3) is 3.79. The molecule has 0 saturated carbocycles. The van der Waals surface area contributed by atoms with Crippen molar-refractivity contribution in [1.82, 2.24) is 0 Å². The molecule has 0 heterocycles. The number of hydrogen-bond donors (Lipinski definition) is 3. The molecule has 0 aromatic heterocycles. The Labute approximate surface area is 96.3 Å². The molecule has 0 bridgehead atoms. The first kappa shape index (κ1) is 12.4. The van der Waals surface area contributed by atoms with Crippen LogP contribution < -0.4 is 4.74 Å². The maximum atomic E-state index is 9.09. The van der Waals surface area contributed by atoms with E-state index in [0.717, 1.165) is 4.47 Å². The van der Waals surface area contributed by atoms with E-state index in [1.165, 1.54) is 0 Å². The molecule has 0 radical (unpaired) electrons. The summed E-state index contributed by atoms with van der Waals surface area (Å²) in [6.45, 7) is -0.472. The van der Waals surface area contributed by atoms with Gasteiger partial charge in [-0.25, -0.2) is 0 Å². The summed E-state index contributed by atoms with van der Waals surface area (Å²) in [7, 11) is 0. The normalized spacial score (nSPS) is 12.5. The van der Waals surface area contributed by atoms with Gasteiger partial charge >= 0.3 is 0 Å². The van der Waals surface area contributed by atoms with E-state index in [4.69, 9.17) is 20.1 Å². The zero-order chi connectivity index (χ0) is 11.3. The van der Waals surface area contributed by atoms with Gasteiger partial charge in [0.25, 0.3) is 0 Å². The number of benzene rings is 1. The monoisotopic (exact) mass is 276 g/mol. The minimum absolute atomic E-state index is 0.00509. The van der Waals surface area contributed by atoms with Crippen LogP contribution in [0.4, 0.5) is 0 Å². The average molecular weight is 277 g/mol. The van der Waals surface area contributed by atoms with E-state index in [2.05, 4.69) is 15.9 Å². The van der Waals surface area contributed by atoms with Crippen molar-refractivity contribution < 1.29 is 20.1 Å². The quantitative estimate of drug-likeness (QED) is 0.740. The van der Waals surface area contributed by atoms with Crippen LogP contribution in [0.3, 0.4) is 0 Å². The lowest BCUT2D eigenvalue weighted by atomic mass is 10.2. The zero-order valence-electron chi connectivity index (χ0n) is 8.06. The molecule has 1 aromatic carbocycles. The van der Waals surface area contributed by atoms with E-state index < -0.39 is 6.10 Å². The second-order valence-electron chi connectivity index (χ2n) is 3.06. The van der Waals surface area contributed by atoms with Crippen LogP contribution >= 0.6 is 15.9 Å². The first-order valence-electron chi connectivity index (χ1n) is 4.48. The van der Waals surface area contributed by atoms with Crippen molar-refractivity contribution in [2.45, 2.75) is 12.7 Å². The highest BCUT2D eigenvalue weighted by Gasteiger charge is 2.07. The minimum atomic E-state index is -0.903. The largest absolute Gasteiger partial charge is 0.490 e. The summed E-state index contributed by atoms with van der Waals surface area (Å²) in [4.78, 5) is 0. The number of aliphatic hydroxyl groups is 3. The molecule has 1 rings (SSSR count). The SMILES string of the molecule is OCc1cc(Br)ccc1OCC(O)CO. The summed E-state index contributed by atoms with van der Waals surface area (Å²) in [5.74, 6) is 0.508. The van der Waals surface area contributed by atoms with Crippen LogP contribution in [0.15, 0.2) is 22.7 Å². The van der Waals surface area contributed by atoms with Crippen molar-refractivity contribution in [3.8, 4) is 5.75 Å². The fourth-order valence-electron chi connectivity index (χ4n) is 1.05. The Morgan fingerprint density at radius 1 is 1.33 bits per heavy atom. The van der Waals surface area contributed by atoms with E-state index in [0.29, 0.717) is 11.3 Å². The molecule has 0 aliphatic heterocycles. The molecule has 5 heteroatoms. The zero-order valence-corrected chi connectivity index (χ0v) is 9.64. The predicted octanol–water partition coefficient (Wildman–Crippen LogP) is 0.673. The lowest BCUT2D eigenvalue weighted by Crippen LogP contribution is -2.21. The number of ether oxygens (including phenoxy) is 1. The topological polar surface area (TPSA) is 69.9 Å². The molecule has 0 amide bonds. The highest BCUT2D eigenvalue weighted by Crippen LogP contribution is 2.23. The molecule has 1 aromatic rings. The Kier molecular flexibility index (Phi) is 5.04. The number of hydrogen-bond acceptors (Lipinski definition) is 4. The van der Waals surface area contributed by atoms with Crippen LogP contribution in [-0.2, 0) is 6.61 Å². The summed E-state index contributed by atoms with van der Waals surface area (Å²) in [5, 5.41) is 26.7. The van der Waals surface area contributed by atoms with Crippen molar-refractivity contribution in [3.05, 3.63) is 28.2 Å². The van der Waals surface area contributed by atoms with Gasteiger partial charge < -0.3 is 20.1 Å². The number of halogens is 1. The summed E-state index contributed by atoms with van der Waals surface area (Å²) in [5.41, 5.74) is 0.634. The van der Waals surface area contributed by atoms with E-state index in [1.807, 2.05) is 0 Å². The lowest BCUT2D eigenvalue weighted by molar-refractivity contribution is 0.0528. The van der Waals surface area contributed by atoms with Crippen molar-refractivity contribution in [2.24, 2.45) is 0 Å². The van der Waals surface area contributed by atoms with Crippen LogP contribution in [0.2, 0.25) is 0 Å². The Balaban J connectivity index is 2.67. The van der Waals surface area contributed by atoms with Crippen molar-refractivity contribution in [3.63, 3.8) is 0 Å².